The minimum atomic E-state index is -4.44. The SMILES string of the molecule is CC(C)(C)c1cc(CO)cc(-n2cc(C(F)(F)F)cn2)n1. The van der Waals surface area contributed by atoms with Crippen molar-refractivity contribution in [1.29, 1.82) is 0 Å². The Hall–Kier alpha value is -1.89. The molecule has 7 heteroatoms. The Balaban J connectivity index is 2.51. The first-order chi connectivity index (χ1) is 9.61. The second kappa shape index (κ2) is 5.14. The average Bonchev–Trinajstić information content (AvgIpc) is 2.86. The van der Waals surface area contributed by atoms with Crippen LogP contribution >= 0.6 is 0 Å². The maximum absolute atomic E-state index is 12.6. The van der Waals surface area contributed by atoms with Crippen LogP contribution in [0.3, 0.4) is 0 Å². The third-order valence-corrected chi connectivity index (χ3v) is 2.97. The highest BCUT2D eigenvalue weighted by Crippen LogP contribution is 2.29. The van der Waals surface area contributed by atoms with Gasteiger partial charge < -0.3 is 5.11 Å². The van der Waals surface area contributed by atoms with Crippen molar-refractivity contribution in [3.63, 3.8) is 0 Å². The zero-order valence-electron chi connectivity index (χ0n) is 11.9. The lowest BCUT2D eigenvalue weighted by atomic mass is 9.91. The van der Waals surface area contributed by atoms with Crippen LogP contribution < -0.4 is 0 Å². The molecule has 0 radical (unpaired) electrons. The lowest BCUT2D eigenvalue weighted by molar-refractivity contribution is -0.137. The molecule has 2 aromatic heterocycles. The van der Waals surface area contributed by atoms with Gasteiger partial charge in [-0.3, -0.25) is 0 Å². The predicted octanol–water partition coefficient (Wildman–Crippen LogP) is 3.08. The number of alkyl halides is 3. The molecule has 0 bridgehead atoms. The van der Waals surface area contributed by atoms with Crippen LogP contribution in [0.1, 0.15) is 37.6 Å². The molecule has 2 aromatic rings. The molecule has 2 heterocycles. The highest BCUT2D eigenvalue weighted by atomic mass is 19.4. The summed E-state index contributed by atoms with van der Waals surface area (Å²) in [5, 5.41) is 13.0. The number of hydrogen-bond acceptors (Lipinski definition) is 3. The summed E-state index contributed by atoms with van der Waals surface area (Å²) in [6, 6.07) is 3.25. The monoisotopic (exact) mass is 299 g/mol. The summed E-state index contributed by atoms with van der Waals surface area (Å²) in [4.78, 5) is 4.34. The van der Waals surface area contributed by atoms with Crippen molar-refractivity contribution >= 4 is 0 Å². The fourth-order valence-electron chi connectivity index (χ4n) is 1.76. The zero-order chi connectivity index (χ0) is 15.8. The standard InChI is InChI=1S/C14H16F3N3O/c1-13(2,3)11-4-9(8-21)5-12(19-11)20-7-10(6-18-20)14(15,16)17/h4-7,21H,8H2,1-3H3. The van der Waals surface area contributed by atoms with Crippen molar-refractivity contribution in [2.45, 2.75) is 39.0 Å². The summed E-state index contributed by atoms with van der Waals surface area (Å²) in [6.45, 7) is 5.59. The van der Waals surface area contributed by atoms with E-state index in [4.69, 9.17) is 0 Å². The van der Waals surface area contributed by atoms with Crippen LogP contribution in [0.4, 0.5) is 13.2 Å². The number of pyridine rings is 1. The second-order valence-corrected chi connectivity index (χ2v) is 5.80. The van der Waals surface area contributed by atoms with Crippen LogP contribution in [0, 0.1) is 0 Å². The van der Waals surface area contributed by atoms with E-state index in [2.05, 4.69) is 10.1 Å². The number of hydrogen-bond donors (Lipinski definition) is 1. The number of aliphatic hydroxyl groups is 1. The largest absolute Gasteiger partial charge is 0.419 e. The summed E-state index contributed by atoms with van der Waals surface area (Å²) in [7, 11) is 0. The minimum absolute atomic E-state index is 0.216. The van der Waals surface area contributed by atoms with Gasteiger partial charge in [0.05, 0.1) is 18.4 Å². The molecule has 0 saturated carbocycles. The van der Waals surface area contributed by atoms with Gasteiger partial charge >= 0.3 is 6.18 Å². The molecule has 0 unspecified atom stereocenters. The molecule has 0 aliphatic carbocycles. The molecule has 0 aliphatic heterocycles. The van der Waals surface area contributed by atoms with Gasteiger partial charge in [0.25, 0.3) is 0 Å². The molecule has 21 heavy (non-hydrogen) atoms. The fraction of sp³-hybridized carbons (Fsp3) is 0.429. The Labute approximate surface area is 120 Å². The number of rotatable bonds is 2. The molecular formula is C14H16F3N3O. The van der Waals surface area contributed by atoms with Crippen LogP contribution in [0.5, 0.6) is 0 Å². The fourth-order valence-corrected chi connectivity index (χ4v) is 1.76. The highest BCUT2D eigenvalue weighted by molar-refractivity contribution is 5.33. The Morgan fingerprint density at radius 2 is 1.86 bits per heavy atom. The number of aromatic nitrogens is 3. The Morgan fingerprint density at radius 3 is 2.33 bits per heavy atom. The van der Waals surface area contributed by atoms with Gasteiger partial charge in [-0.1, -0.05) is 20.8 Å². The minimum Gasteiger partial charge on any atom is -0.392 e. The van der Waals surface area contributed by atoms with Gasteiger partial charge in [-0.2, -0.15) is 18.3 Å². The van der Waals surface area contributed by atoms with E-state index in [1.54, 1.807) is 6.07 Å². The second-order valence-electron chi connectivity index (χ2n) is 5.80. The first-order valence-electron chi connectivity index (χ1n) is 6.36. The van der Waals surface area contributed by atoms with Gasteiger partial charge in [0, 0.05) is 17.3 Å². The van der Waals surface area contributed by atoms with Crippen LogP contribution in [-0.4, -0.2) is 19.9 Å². The van der Waals surface area contributed by atoms with E-state index in [0.29, 0.717) is 11.3 Å². The predicted molar refractivity (Wildman–Crippen MR) is 71.0 cm³/mol. The van der Waals surface area contributed by atoms with E-state index in [0.717, 1.165) is 17.1 Å². The van der Waals surface area contributed by atoms with Crippen LogP contribution in [0.15, 0.2) is 24.5 Å². The van der Waals surface area contributed by atoms with Gasteiger partial charge in [0.2, 0.25) is 0 Å². The van der Waals surface area contributed by atoms with Crippen LogP contribution in [0.2, 0.25) is 0 Å². The smallest absolute Gasteiger partial charge is 0.392 e. The number of halogens is 3. The van der Waals surface area contributed by atoms with Gasteiger partial charge in [-0.25, -0.2) is 9.67 Å². The zero-order valence-corrected chi connectivity index (χ0v) is 11.9. The Kier molecular flexibility index (Phi) is 3.79. The van der Waals surface area contributed by atoms with E-state index in [-0.39, 0.29) is 17.8 Å². The summed E-state index contributed by atoms with van der Waals surface area (Å²) >= 11 is 0. The molecule has 0 spiro atoms. The molecule has 0 aromatic carbocycles. The first-order valence-corrected chi connectivity index (χ1v) is 6.36. The van der Waals surface area contributed by atoms with Gasteiger partial charge in [0.15, 0.2) is 5.82 Å². The normalized spacial score (nSPS) is 12.7. The van der Waals surface area contributed by atoms with E-state index in [1.165, 1.54) is 6.07 Å². The third-order valence-electron chi connectivity index (χ3n) is 2.97. The van der Waals surface area contributed by atoms with Crippen molar-refractivity contribution in [1.82, 2.24) is 14.8 Å². The van der Waals surface area contributed by atoms with Gasteiger partial charge in [-0.05, 0) is 17.7 Å². The molecular weight excluding hydrogens is 283 g/mol. The molecule has 0 saturated heterocycles. The maximum atomic E-state index is 12.6. The van der Waals surface area contributed by atoms with Crippen molar-refractivity contribution in [3.05, 3.63) is 41.3 Å². The maximum Gasteiger partial charge on any atom is 0.419 e. The van der Waals surface area contributed by atoms with E-state index >= 15 is 0 Å². The molecule has 114 valence electrons. The summed E-state index contributed by atoms with van der Waals surface area (Å²) < 4.78 is 38.9. The van der Waals surface area contributed by atoms with Gasteiger partial charge in [-0.15, -0.1) is 0 Å². The van der Waals surface area contributed by atoms with Crippen molar-refractivity contribution in [2.24, 2.45) is 0 Å². The molecule has 0 amide bonds. The molecule has 2 rings (SSSR count). The molecule has 0 aliphatic rings. The van der Waals surface area contributed by atoms with E-state index in [1.807, 2.05) is 20.8 Å². The summed E-state index contributed by atoms with van der Waals surface area (Å²) in [5.74, 6) is 0.252. The average molecular weight is 299 g/mol. The Bertz CT molecular complexity index is 642. The van der Waals surface area contributed by atoms with E-state index < -0.39 is 11.7 Å². The third kappa shape index (κ3) is 3.41. The van der Waals surface area contributed by atoms with Crippen molar-refractivity contribution < 1.29 is 18.3 Å². The quantitative estimate of drug-likeness (QED) is 0.927. The lowest BCUT2D eigenvalue weighted by Gasteiger charge is -2.19. The molecule has 0 fully saturated rings. The van der Waals surface area contributed by atoms with Gasteiger partial charge in [0.1, 0.15) is 0 Å². The molecule has 4 nitrogen and oxygen atoms in total. The number of nitrogens with zero attached hydrogens (tertiary/aromatic N) is 3. The molecule has 1 N–H and O–H groups in total. The van der Waals surface area contributed by atoms with Crippen molar-refractivity contribution in [2.75, 3.05) is 0 Å². The van der Waals surface area contributed by atoms with E-state index in [9.17, 15) is 18.3 Å². The molecule has 0 atom stereocenters. The topological polar surface area (TPSA) is 50.9 Å². The van der Waals surface area contributed by atoms with Crippen LogP contribution in [-0.2, 0) is 18.2 Å². The highest BCUT2D eigenvalue weighted by Gasteiger charge is 2.32. The first kappa shape index (κ1) is 15.5. The lowest BCUT2D eigenvalue weighted by Crippen LogP contribution is -2.16. The van der Waals surface area contributed by atoms with Crippen LogP contribution in [0.25, 0.3) is 5.82 Å². The Morgan fingerprint density at radius 1 is 1.19 bits per heavy atom. The van der Waals surface area contributed by atoms with Crippen molar-refractivity contribution in [3.8, 4) is 5.82 Å². The summed E-state index contributed by atoms with van der Waals surface area (Å²) in [6.07, 6.45) is -2.81. The number of aliphatic hydroxyl groups excluding tert-OH is 1. The summed E-state index contributed by atoms with van der Waals surface area (Å²) in [5.41, 5.74) is 0.123.